The van der Waals surface area contributed by atoms with E-state index >= 15 is 0 Å². The SMILES string of the molecule is CC(C)(C(=O)Cc1c(F)ccc(Br)c1F)N1CCCC1. The smallest absolute Gasteiger partial charge is 0.157 e. The number of likely N-dealkylation sites (tertiary alicyclic amines) is 1. The second-order valence-corrected chi connectivity index (χ2v) is 6.53. The van der Waals surface area contributed by atoms with E-state index in [1.807, 2.05) is 13.8 Å². The van der Waals surface area contributed by atoms with E-state index in [1.54, 1.807) is 0 Å². The normalized spacial score (nSPS) is 16.6. The summed E-state index contributed by atoms with van der Waals surface area (Å²) in [5, 5.41) is 0. The van der Waals surface area contributed by atoms with Crippen molar-refractivity contribution in [2.24, 2.45) is 0 Å². The number of rotatable bonds is 4. The standard InChI is InChI=1S/C15H18BrF2NO/c1-15(2,19-7-3-4-8-19)13(20)9-10-12(17)6-5-11(16)14(10)18/h5-6H,3-4,7-9H2,1-2H3. The fourth-order valence-corrected chi connectivity index (χ4v) is 2.93. The van der Waals surface area contributed by atoms with E-state index in [0.717, 1.165) is 25.9 Å². The second kappa shape index (κ2) is 5.90. The number of hydrogen-bond donors (Lipinski definition) is 0. The monoisotopic (exact) mass is 345 g/mol. The van der Waals surface area contributed by atoms with Crippen LogP contribution in [0.3, 0.4) is 0 Å². The maximum atomic E-state index is 13.9. The van der Waals surface area contributed by atoms with E-state index in [1.165, 1.54) is 12.1 Å². The molecule has 2 nitrogen and oxygen atoms in total. The fourth-order valence-electron chi connectivity index (χ4n) is 2.56. The molecular weight excluding hydrogens is 328 g/mol. The lowest BCUT2D eigenvalue weighted by Gasteiger charge is -2.34. The van der Waals surface area contributed by atoms with Gasteiger partial charge >= 0.3 is 0 Å². The molecule has 1 saturated heterocycles. The largest absolute Gasteiger partial charge is 0.297 e. The average molecular weight is 346 g/mol. The average Bonchev–Trinajstić information content (AvgIpc) is 2.93. The van der Waals surface area contributed by atoms with Gasteiger partial charge < -0.3 is 0 Å². The molecule has 0 aliphatic carbocycles. The number of carbonyl (C=O) groups excluding carboxylic acids is 1. The minimum Gasteiger partial charge on any atom is -0.297 e. The number of Topliss-reactive ketones (excluding diaryl/α,β-unsaturated/α-hetero) is 1. The molecular formula is C15H18BrF2NO. The molecule has 0 amide bonds. The van der Waals surface area contributed by atoms with Crippen LogP contribution in [0.4, 0.5) is 8.78 Å². The molecule has 1 aromatic rings. The van der Waals surface area contributed by atoms with Crippen molar-refractivity contribution in [3.05, 3.63) is 33.8 Å². The van der Waals surface area contributed by atoms with E-state index in [0.29, 0.717) is 0 Å². The molecule has 20 heavy (non-hydrogen) atoms. The summed E-state index contributed by atoms with van der Waals surface area (Å²) in [5.74, 6) is -1.51. The third kappa shape index (κ3) is 2.93. The van der Waals surface area contributed by atoms with Gasteiger partial charge in [-0.1, -0.05) is 0 Å². The van der Waals surface area contributed by atoms with Crippen LogP contribution in [0.25, 0.3) is 0 Å². The molecule has 0 radical (unpaired) electrons. The molecule has 1 fully saturated rings. The molecule has 0 spiro atoms. The van der Waals surface area contributed by atoms with Crippen LogP contribution >= 0.6 is 15.9 Å². The molecule has 0 atom stereocenters. The van der Waals surface area contributed by atoms with Crippen LogP contribution < -0.4 is 0 Å². The van der Waals surface area contributed by atoms with Crippen molar-refractivity contribution in [2.75, 3.05) is 13.1 Å². The Morgan fingerprint density at radius 3 is 2.50 bits per heavy atom. The Bertz CT molecular complexity index is 525. The van der Waals surface area contributed by atoms with E-state index < -0.39 is 17.2 Å². The summed E-state index contributed by atoms with van der Waals surface area (Å²) in [6.07, 6.45) is 1.91. The molecule has 5 heteroatoms. The lowest BCUT2D eigenvalue weighted by Crippen LogP contribution is -2.49. The predicted octanol–water partition coefficient (Wildman–Crippen LogP) is 3.71. The van der Waals surface area contributed by atoms with Crippen molar-refractivity contribution in [1.29, 1.82) is 0 Å². The molecule has 2 rings (SSSR count). The molecule has 0 bridgehead atoms. The zero-order valence-corrected chi connectivity index (χ0v) is 13.3. The van der Waals surface area contributed by atoms with Gasteiger partial charge in [0.2, 0.25) is 0 Å². The van der Waals surface area contributed by atoms with Gasteiger partial charge in [-0.05, 0) is 67.8 Å². The summed E-state index contributed by atoms with van der Waals surface area (Å²) in [6.45, 7) is 5.38. The Morgan fingerprint density at radius 2 is 1.90 bits per heavy atom. The van der Waals surface area contributed by atoms with Crippen molar-refractivity contribution in [3.8, 4) is 0 Å². The van der Waals surface area contributed by atoms with E-state index in [2.05, 4.69) is 20.8 Å². The second-order valence-electron chi connectivity index (χ2n) is 5.67. The van der Waals surface area contributed by atoms with Gasteiger partial charge in [0.25, 0.3) is 0 Å². The van der Waals surface area contributed by atoms with Crippen LogP contribution in [0.2, 0.25) is 0 Å². The number of carbonyl (C=O) groups is 1. The fraction of sp³-hybridized carbons (Fsp3) is 0.533. The molecule has 0 saturated carbocycles. The van der Waals surface area contributed by atoms with Crippen LogP contribution in [0.15, 0.2) is 16.6 Å². The maximum absolute atomic E-state index is 13.9. The van der Waals surface area contributed by atoms with Crippen LogP contribution in [0.1, 0.15) is 32.3 Å². The van der Waals surface area contributed by atoms with Gasteiger partial charge in [0, 0.05) is 12.0 Å². The highest BCUT2D eigenvalue weighted by Crippen LogP contribution is 2.27. The summed E-state index contributed by atoms with van der Waals surface area (Å²) in [4.78, 5) is 14.5. The highest BCUT2D eigenvalue weighted by Gasteiger charge is 2.36. The summed E-state index contributed by atoms with van der Waals surface area (Å²) in [6, 6.07) is 2.49. The van der Waals surface area contributed by atoms with Gasteiger partial charge in [-0.15, -0.1) is 0 Å². The highest BCUT2D eigenvalue weighted by atomic mass is 79.9. The zero-order valence-electron chi connectivity index (χ0n) is 11.7. The third-order valence-electron chi connectivity index (χ3n) is 4.06. The summed E-state index contributed by atoms with van der Waals surface area (Å²) in [7, 11) is 0. The van der Waals surface area contributed by atoms with E-state index in [-0.39, 0.29) is 22.2 Å². The topological polar surface area (TPSA) is 20.3 Å². The van der Waals surface area contributed by atoms with Crippen LogP contribution in [-0.2, 0) is 11.2 Å². The van der Waals surface area contributed by atoms with Gasteiger partial charge in [-0.25, -0.2) is 8.78 Å². The molecule has 0 N–H and O–H groups in total. The quantitative estimate of drug-likeness (QED) is 0.775. The van der Waals surface area contributed by atoms with Crippen molar-refractivity contribution in [3.63, 3.8) is 0 Å². The summed E-state index contributed by atoms with van der Waals surface area (Å²) in [5.41, 5.74) is -0.839. The minimum absolute atomic E-state index is 0.156. The number of halogens is 3. The molecule has 1 aliphatic heterocycles. The van der Waals surface area contributed by atoms with Crippen LogP contribution in [0, 0.1) is 11.6 Å². The number of nitrogens with zero attached hydrogens (tertiary/aromatic N) is 1. The van der Waals surface area contributed by atoms with E-state index in [9.17, 15) is 13.6 Å². The van der Waals surface area contributed by atoms with Crippen molar-refractivity contribution in [1.82, 2.24) is 4.90 Å². The van der Waals surface area contributed by atoms with Crippen molar-refractivity contribution in [2.45, 2.75) is 38.6 Å². The molecule has 1 aliphatic rings. The molecule has 1 heterocycles. The number of benzene rings is 1. The Labute approximate surface area is 126 Å². The first-order valence-corrected chi connectivity index (χ1v) is 7.54. The molecule has 0 aromatic heterocycles. The first-order chi connectivity index (χ1) is 9.34. The Morgan fingerprint density at radius 1 is 1.30 bits per heavy atom. The molecule has 110 valence electrons. The lowest BCUT2D eigenvalue weighted by atomic mass is 9.91. The summed E-state index contributed by atoms with van der Waals surface area (Å²) >= 11 is 3.02. The molecule has 0 unspecified atom stereocenters. The number of ketones is 1. The predicted molar refractivity (Wildman–Crippen MR) is 77.7 cm³/mol. The van der Waals surface area contributed by atoms with Crippen LogP contribution in [-0.4, -0.2) is 29.3 Å². The Hall–Kier alpha value is -0.810. The Balaban J connectivity index is 2.21. The van der Waals surface area contributed by atoms with Crippen molar-refractivity contribution < 1.29 is 13.6 Å². The van der Waals surface area contributed by atoms with Gasteiger partial charge in [-0.3, -0.25) is 9.69 Å². The van der Waals surface area contributed by atoms with Gasteiger partial charge in [0.1, 0.15) is 11.6 Å². The third-order valence-corrected chi connectivity index (χ3v) is 4.67. The van der Waals surface area contributed by atoms with Gasteiger partial charge in [-0.2, -0.15) is 0 Å². The van der Waals surface area contributed by atoms with E-state index in [4.69, 9.17) is 0 Å². The zero-order chi connectivity index (χ0) is 14.9. The summed E-state index contributed by atoms with van der Waals surface area (Å²) < 4.78 is 27.8. The maximum Gasteiger partial charge on any atom is 0.157 e. The Kier molecular flexibility index (Phi) is 4.59. The number of hydrogen-bond acceptors (Lipinski definition) is 2. The lowest BCUT2D eigenvalue weighted by molar-refractivity contribution is -0.128. The van der Waals surface area contributed by atoms with Crippen LogP contribution in [0.5, 0.6) is 0 Å². The highest BCUT2D eigenvalue weighted by molar-refractivity contribution is 9.10. The van der Waals surface area contributed by atoms with Gasteiger partial charge in [0.15, 0.2) is 5.78 Å². The van der Waals surface area contributed by atoms with Gasteiger partial charge in [0.05, 0.1) is 10.0 Å². The minimum atomic E-state index is -0.685. The first kappa shape index (κ1) is 15.6. The first-order valence-electron chi connectivity index (χ1n) is 6.74. The molecule has 1 aromatic carbocycles. The van der Waals surface area contributed by atoms with Crippen molar-refractivity contribution >= 4 is 21.7 Å².